The number of ketones is 1. The fourth-order valence-electron chi connectivity index (χ4n) is 2.19. The van der Waals surface area contributed by atoms with Gasteiger partial charge in [-0.25, -0.2) is 0 Å². The lowest BCUT2D eigenvalue weighted by Crippen LogP contribution is -2.36. The molecule has 0 bridgehead atoms. The lowest BCUT2D eigenvalue weighted by molar-refractivity contribution is -0.127. The number of rotatable bonds is 4. The molecule has 5 nitrogen and oxygen atoms in total. The molecule has 1 aliphatic heterocycles. The van der Waals surface area contributed by atoms with Gasteiger partial charge in [0, 0.05) is 12.6 Å². The Kier molecular flexibility index (Phi) is 4.61. The van der Waals surface area contributed by atoms with Gasteiger partial charge in [0.2, 0.25) is 0 Å². The molecule has 0 aromatic heterocycles. The zero-order chi connectivity index (χ0) is 14.5. The summed E-state index contributed by atoms with van der Waals surface area (Å²) in [6.45, 7) is 2.15. The molecule has 1 heterocycles. The van der Waals surface area contributed by atoms with Gasteiger partial charge < -0.3 is 14.8 Å². The second kappa shape index (κ2) is 6.41. The van der Waals surface area contributed by atoms with Crippen molar-refractivity contribution in [3.8, 4) is 11.5 Å². The predicted octanol–water partition coefficient (Wildman–Crippen LogP) is 1.95. The molecule has 5 heteroatoms. The summed E-state index contributed by atoms with van der Waals surface area (Å²) in [5, 5.41) is 2.81. The van der Waals surface area contributed by atoms with Crippen LogP contribution in [0.3, 0.4) is 0 Å². The second-order valence-corrected chi connectivity index (χ2v) is 4.81. The van der Waals surface area contributed by atoms with Crippen molar-refractivity contribution >= 4 is 11.7 Å². The van der Waals surface area contributed by atoms with Gasteiger partial charge in [-0.1, -0.05) is 0 Å². The van der Waals surface area contributed by atoms with E-state index in [2.05, 4.69) is 5.32 Å². The molecule has 0 radical (unpaired) electrons. The van der Waals surface area contributed by atoms with Crippen LogP contribution in [0.5, 0.6) is 11.5 Å². The number of carbonyl (C=O) groups is 2. The number of ether oxygens (including phenoxy) is 2. The largest absolute Gasteiger partial charge is 0.497 e. The zero-order valence-corrected chi connectivity index (χ0v) is 11.8. The molecular formula is C15H19NO4. The van der Waals surface area contributed by atoms with Gasteiger partial charge in [0.1, 0.15) is 11.5 Å². The number of carbonyl (C=O) groups excluding carboxylic acids is 2. The molecule has 1 aliphatic rings. The van der Waals surface area contributed by atoms with Crippen LogP contribution in [0.4, 0.5) is 0 Å². The van der Waals surface area contributed by atoms with E-state index in [9.17, 15) is 9.59 Å². The average Bonchev–Trinajstić information content (AvgIpc) is 2.64. The van der Waals surface area contributed by atoms with Gasteiger partial charge in [-0.2, -0.15) is 0 Å². The van der Waals surface area contributed by atoms with Crippen LogP contribution in [0.2, 0.25) is 0 Å². The van der Waals surface area contributed by atoms with Crippen molar-refractivity contribution in [2.24, 2.45) is 0 Å². The fourth-order valence-corrected chi connectivity index (χ4v) is 2.19. The van der Waals surface area contributed by atoms with Crippen molar-refractivity contribution in [3.05, 3.63) is 23.8 Å². The van der Waals surface area contributed by atoms with Crippen LogP contribution in [-0.4, -0.2) is 31.4 Å². The topological polar surface area (TPSA) is 64.6 Å². The summed E-state index contributed by atoms with van der Waals surface area (Å²) in [6, 6.07) is 5.01. The van der Waals surface area contributed by atoms with Crippen LogP contribution in [0, 0.1) is 0 Å². The van der Waals surface area contributed by atoms with Gasteiger partial charge in [0.15, 0.2) is 11.9 Å². The highest BCUT2D eigenvalue weighted by Crippen LogP contribution is 2.27. The number of benzene rings is 1. The number of amides is 1. The first kappa shape index (κ1) is 14.4. The van der Waals surface area contributed by atoms with Gasteiger partial charge >= 0.3 is 0 Å². The van der Waals surface area contributed by atoms with E-state index in [-0.39, 0.29) is 11.7 Å². The normalized spacial score (nSPS) is 18.9. The van der Waals surface area contributed by atoms with Crippen LogP contribution >= 0.6 is 0 Å². The van der Waals surface area contributed by atoms with Gasteiger partial charge in [0.25, 0.3) is 5.91 Å². The molecule has 20 heavy (non-hydrogen) atoms. The zero-order valence-electron chi connectivity index (χ0n) is 11.8. The fraction of sp³-hybridized carbons (Fsp3) is 0.467. The van der Waals surface area contributed by atoms with Crippen molar-refractivity contribution in [1.82, 2.24) is 5.32 Å². The Labute approximate surface area is 118 Å². The van der Waals surface area contributed by atoms with Gasteiger partial charge in [-0.3, -0.25) is 9.59 Å². The van der Waals surface area contributed by atoms with E-state index in [0.717, 1.165) is 12.8 Å². The molecule has 2 rings (SSSR count). The first-order valence-corrected chi connectivity index (χ1v) is 6.75. The number of hydrogen-bond donors (Lipinski definition) is 1. The molecule has 1 aromatic rings. The summed E-state index contributed by atoms with van der Waals surface area (Å²) in [7, 11) is 1.55. The third-order valence-corrected chi connectivity index (χ3v) is 3.32. The van der Waals surface area contributed by atoms with Crippen LogP contribution in [-0.2, 0) is 4.79 Å². The third kappa shape index (κ3) is 3.29. The lowest BCUT2D eigenvalue weighted by Gasteiger charge is -2.18. The van der Waals surface area contributed by atoms with Crippen LogP contribution in [0.25, 0.3) is 0 Å². The van der Waals surface area contributed by atoms with E-state index in [4.69, 9.17) is 9.47 Å². The molecule has 1 aromatic carbocycles. The van der Waals surface area contributed by atoms with Crippen molar-refractivity contribution in [2.75, 3.05) is 13.7 Å². The Morgan fingerprint density at radius 1 is 1.35 bits per heavy atom. The molecule has 1 N–H and O–H groups in total. The van der Waals surface area contributed by atoms with Gasteiger partial charge in [-0.15, -0.1) is 0 Å². The summed E-state index contributed by atoms with van der Waals surface area (Å²) < 4.78 is 10.9. The number of nitrogens with one attached hydrogen (secondary N) is 1. The highest BCUT2D eigenvalue weighted by atomic mass is 16.5. The number of methoxy groups -OCH3 is 1. The average molecular weight is 277 g/mol. The quantitative estimate of drug-likeness (QED) is 0.854. The molecule has 1 atom stereocenters. The second-order valence-electron chi connectivity index (χ2n) is 4.81. The van der Waals surface area contributed by atoms with E-state index < -0.39 is 6.10 Å². The summed E-state index contributed by atoms with van der Waals surface area (Å²) in [5.41, 5.74) is 0.461. The third-order valence-electron chi connectivity index (χ3n) is 3.32. The molecule has 1 unspecified atom stereocenters. The van der Waals surface area contributed by atoms with E-state index in [0.29, 0.717) is 30.0 Å². The van der Waals surface area contributed by atoms with E-state index >= 15 is 0 Å². The smallest absolute Gasteiger partial charge is 0.261 e. The highest BCUT2D eigenvalue weighted by molar-refractivity contribution is 5.97. The van der Waals surface area contributed by atoms with Crippen molar-refractivity contribution < 1.29 is 19.1 Å². The predicted molar refractivity (Wildman–Crippen MR) is 74.3 cm³/mol. The Bertz CT molecular complexity index is 513. The summed E-state index contributed by atoms with van der Waals surface area (Å²) in [6.07, 6.45) is 1.97. The van der Waals surface area contributed by atoms with Gasteiger partial charge in [-0.05, 0) is 38.3 Å². The first-order valence-electron chi connectivity index (χ1n) is 6.75. The Balaban J connectivity index is 2.25. The molecule has 1 fully saturated rings. The van der Waals surface area contributed by atoms with Crippen LogP contribution < -0.4 is 14.8 Å². The summed E-state index contributed by atoms with van der Waals surface area (Å²) in [4.78, 5) is 23.5. The van der Waals surface area contributed by atoms with E-state index in [1.807, 2.05) is 0 Å². The van der Waals surface area contributed by atoms with Crippen LogP contribution in [0.1, 0.15) is 36.5 Å². The van der Waals surface area contributed by atoms with Crippen molar-refractivity contribution in [3.63, 3.8) is 0 Å². The Hall–Kier alpha value is -2.04. The van der Waals surface area contributed by atoms with Crippen molar-refractivity contribution in [2.45, 2.75) is 32.3 Å². The number of hydrogen-bond acceptors (Lipinski definition) is 4. The molecular weight excluding hydrogens is 258 g/mol. The summed E-state index contributed by atoms with van der Waals surface area (Å²) in [5.74, 6) is 0.773. The molecule has 0 spiro atoms. The molecule has 0 aliphatic carbocycles. The van der Waals surface area contributed by atoms with E-state index in [1.165, 1.54) is 6.92 Å². The Morgan fingerprint density at radius 3 is 2.85 bits per heavy atom. The van der Waals surface area contributed by atoms with E-state index in [1.54, 1.807) is 25.3 Å². The monoisotopic (exact) mass is 277 g/mol. The minimum absolute atomic E-state index is 0.100. The number of Topliss-reactive ketones (excluding diaryl/α,β-unsaturated/α-hetero) is 1. The maximum absolute atomic E-state index is 11.9. The first-order chi connectivity index (χ1) is 9.61. The van der Waals surface area contributed by atoms with Crippen molar-refractivity contribution in [1.29, 1.82) is 0 Å². The molecule has 1 amide bonds. The minimum atomic E-state index is -0.553. The molecule has 0 saturated carbocycles. The molecule has 108 valence electrons. The highest BCUT2D eigenvalue weighted by Gasteiger charge is 2.24. The minimum Gasteiger partial charge on any atom is -0.497 e. The Morgan fingerprint density at radius 2 is 2.15 bits per heavy atom. The maximum Gasteiger partial charge on any atom is 0.261 e. The maximum atomic E-state index is 11.9. The molecule has 1 saturated heterocycles. The summed E-state index contributed by atoms with van der Waals surface area (Å²) >= 11 is 0. The SMILES string of the molecule is COc1ccc(C(C)=O)c(OC2CCCCNC2=O)c1. The van der Waals surface area contributed by atoms with Crippen LogP contribution in [0.15, 0.2) is 18.2 Å². The van der Waals surface area contributed by atoms with Gasteiger partial charge in [0.05, 0.1) is 12.7 Å². The standard InChI is InChI=1S/C15H19NO4/c1-10(17)12-7-6-11(19-2)9-14(12)20-13-5-3-4-8-16-15(13)18/h6-7,9,13H,3-5,8H2,1-2H3,(H,16,18). The lowest BCUT2D eigenvalue weighted by atomic mass is 10.1.